The summed E-state index contributed by atoms with van der Waals surface area (Å²) in [4.78, 5) is 0. The second-order valence-electron chi connectivity index (χ2n) is 3.71. The normalized spacial score (nSPS) is 37.4. The Bertz CT molecular complexity index is 169. The first-order valence-corrected chi connectivity index (χ1v) is 3.65. The summed E-state index contributed by atoms with van der Waals surface area (Å²) >= 11 is 0. The van der Waals surface area contributed by atoms with Gasteiger partial charge in [-0.3, -0.25) is 0 Å². The second kappa shape index (κ2) is 2.25. The molecule has 0 radical (unpaired) electrons. The van der Waals surface area contributed by atoms with Crippen LogP contribution in [0.5, 0.6) is 0 Å². The van der Waals surface area contributed by atoms with E-state index in [1.807, 2.05) is 13.8 Å². The molecular weight excluding hydrogens is 126 g/mol. The van der Waals surface area contributed by atoms with Crippen molar-refractivity contribution in [1.82, 2.24) is 0 Å². The van der Waals surface area contributed by atoms with Crippen molar-refractivity contribution in [2.24, 2.45) is 11.3 Å². The lowest BCUT2D eigenvalue weighted by atomic mass is 9.88. The molecule has 1 aliphatic rings. The zero-order valence-corrected chi connectivity index (χ0v) is 6.46. The summed E-state index contributed by atoms with van der Waals surface area (Å²) < 4.78 is 0. The molecule has 10 heavy (non-hydrogen) atoms. The number of aliphatic hydroxyl groups excluding tert-OH is 1. The van der Waals surface area contributed by atoms with Crippen molar-refractivity contribution in [2.75, 3.05) is 0 Å². The summed E-state index contributed by atoms with van der Waals surface area (Å²) in [6.45, 7) is 4.02. The van der Waals surface area contributed by atoms with Crippen LogP contribution in [0.25, 0.3) is 0 Å². The van der Waals surface area contributed by atoms with Crippen LogP contribution in [-0.4, -0.2) is 11.2 Å². The highest BCUT2D eigenvalue weighted by Gasteiger charge is 2.40. The molecule has 0 spiro atoms. The Morgan fingerprint density at radius 2 is 2.20 bits per heavy atom. The lowest BCUT2D eigenvalue weighted by Crippen LogP contribution is -2.26. The van der Waals surface area contributed by atoms with Gasteiger partial charge in [-0.15, -0.1) is 0 Å². The fourth-order valence-corrected chi connectivity index (χ4v) is 1.51. The zero-order chi connectivity index (χ0) is 7.78. The molecule has 1 saturated carbocycles. The predicted octanol–water partition coefficient (Wildman–Crippen LogP) is 1.31. The van der Waals surface area contributed by atoms with Crippen LogP contribution in [-0.2, 0) is 0 Å². The minimum atomic E-state index is -0.419. The smallest absolute Gasteiger partial charge is 0.0749 e. The Balaban J connectivity index is 2.69. The van der Waals surface area contributed by atoms with E-state index in [9.17, 15) is 5.11 Å². The Hall–Kier alpha value is -0.550. The molecule has 0 heterocycles. The molecule has 0 amide bonds. The minimum absolute atomic E-state index is 0.0413. The first-order chi connectivity index (χ1) is 4.58. The van der Waals surface area contributed by atoms with E-state index in [4.69, 9.17) is 5.26 Å². The fraction of sp³-hybridized carbons (Fsp3) is 0.875. The molecule has 0 aromatic carbocycles. The average Bonchev–Trinajstić information content (AvgIpc) is 2.10. The summed E-state index contributed by atoms with van der Waals surface area (Å²) in [5.41, 5.74) is -0.0413. The van der Waals surface area contributed by atoms with Crippen molar-refractivity contribution >= 4 is 0 Å². The monoisotopic (exact) mass is 139 g/mol. The topological polar surface area (TPSA) is 44.0 Å². The fourth-order valence-electron chi connectivity index (χ4n) is 1.51. The number of hydrogen-bond donors (Lipinski definition) is 1. The van der Waals surface area contributed by atoms with E-state index in [2.05, 4.69) is 6.07 Å². The SMILES string of the molecule is CC1(C)CCC(C#N)C1O. The van der Waals surface area contributed by atoms with Crippen LogP contribution in [0.2, 0.25) is 0 Å². The maximum absolute atomic E-state index is 9.49. The maximum Gasteiger partial charge on any atom is 0.0749 e. The van der Waals surface area contributed by atoms with Crippen molar-refractivity contribution in [1.29, 1.82) is 5.26 Å². The van der Waals surface area contributed by atoms with Gasteiger partial charge >= 0.3 is 0 Å². The molecule has 2 unspecified atom stereocenters. The third kappa shape index (κ3) is 1.02. The lowest BCUT2D eigenvalue weighted by Gasteiger charge is -2.22. The van der Waals surface area contributed by atoms with Crippen LogP contribution >= 0.6 is 0 Å². The van der Waals surface area contributed by atoms with Crippen molar-refractivity contribution in [3.63, 3.8) is 0 Å². The summed E-state index contributed by atoms with van der Waals surface area (Å²) in [7, 11) is 0. The molecule has 2 atom stereocenters. The van der Waals surface area contributed by atoms with Gasteiger partial charge in [-0.2, -0.15) is 5.26 Å². The molecule has 0 saturated heterocycles. The van der Waals surface area contributed by atoms with Gasteiger partial charge in [-0.25, -0.2) is 0 Å². The molecule has 0 aliphatic heterocycles. The third-order valence-electron chi connectivity index (χ3n) is 2.45. The summed E-state index contributed by atoms with van der Waals surface area (Å²) in [6, 6.07) is 2.12. The molecule has 0 aromatic heterocycles. The first kappa shape index (κ1) is 7.56. The first-order valence-electron chi connectivity index (χ1n) is 3.65. The van der Waals surface area contributed by atoms with Crippen LogP contribution in [0, 0.1) is 22.7 Å². The highest BCUT2D eigenvalue weighted by atomic mass is 16.3. The van der Waals surface area contributed by atoms with E-state index in [0.29, 0.717) is 0 Å². The van der Waals surface area contributed by atoms with Gasteiger partial charge in [-0.05, 0) is 18.3 Å². The molecule has 0 aromatic rings. The lowest BCUT2D eigenvalue weighted by molar-refractivity contribution is 0.0612. The summed E-state index contributed by atoms with van der Waals surface area (Å²) in [6.07, 6.45) is 1.40. The molecule has 1 rings (SSSR count). The summed E-state index contributed by atoms with van der Waals surface area (Å²) in [5.74, 6) is -0.130. The van der Waals surface area contributed by atoms with Crippen LogP contribution in [0.4, 0.5) is 0 Å². The van der Waals surface area contributed by atoms with Gasteiger partial charge in [-0.1, -0.05) is 13.8 Å². The van der Waals surface area contributed by atoms with Crippen molar-refractivity contribution in [2.45, 2.75) is 32.8 Å². The summed E-state index contributed by atoms with van der Waals surface area (Å²) in [5, 5.41) is 18.1. The van der Waals surface area contributed by atoms with Crippen LogP contribution in [0.3, 0.4) is 0 Å². The molecule has 56 valence electrons. The largest absolute Gasteiger partial charge is 0.391 e. The Morgan fingerprint density at radius 1 is 1.60 bits per heavy atom. The molecule has 2 heteroatoms. The molecule has 1 N–H and O–H groups in total. The Labute approximate surface area is 61.5 Å². The Kier molecular flexibility index (Phi) is 1.70. The number of hydrogen-bond acceptors (Lipinski definition) is 2. The van der Waals surface area contributed by atoms with Crippen molar-refractivity contribution in [3.05, 3.63) is 0 Å². The average molecular weight is 139 g/mol. The highest BCUT2D eigenvalue weighted by molar-refractivity contribution is 5.00. The Morgan fingerprint density at radius 3 is 2.40 bits per heavy atom. The number of nitriles is 1. The van der Waals surface area contributed by atoms with E-state index in [1.54, 1.807) is 0 Å². The van der Waals surface area contributed by atoms with Crippen LogP contribution in [0.1, 0.15) is 26.7 Å². The second-order valence-corrected chi connectivity index (χ2v) is 3.71. The number of nitrogens with zero attached hydrogens (tertiary/aromatic N) is 1. The van der Waals surface area contributed by atoms with Gasteiger partial charge in [0.1, 0.15) is 0 Å². The van der Waals surface area contributed by atoms with Gasteiger partial charge in [0.15, 0.2) is 0 Å². The minimum Gasteiger partial charge on any atom is -0.391 e. The van der Waals surface area contributed by atoms with Crippen molar-refractivity contribution < 1.29 is 5.11 Å². The van der Waals surface area contributed by atoms with Gasteiger partial charge < -0.3 is 5.11 Å². The predicted molar refractivity (Wildman–Crippen MR) is 38.1 cm³/mol. The molecule has 1 fully saturated rings. The quantitative estimate of drug-likeness (QED) is 0.550. The van der Waals surface area contributed by atoms with E-state index in [-0.39, 0.29) is 11.3 Å². The van der Waals surface area contributed by atoms with E-state index in [0.717, 1.165) is 12.8 Å². The molecule has 2 nitrogen and oxygen atoms in total. The van der Waals surface area contributed by atoms with Crippen LogP contribution in [0.15, 0.2) is 0 Å². The third-order valence-corrected chi connectivity index (χ3v) is 2.45. The number of aliphatic hydroxyl groups is 1. The van der Waals surface area contributed by atoms with Gasteiger partial charge in [0.05, 0.1) is 18.1 Å². The number of rotatable bonds is 0. The van der Waals surface area contributed by atoms with E-state index < -0.39 is 6.10 Å². The van der Waals surface area contributed by atoms with Gasteiger partial charge in [0, 0.05) is 0 Å². The van der Waals surface area contributed by atoms with Gasteiger partial charge in [0.2, 0.25) is 0 Å². The van der Waals surface area contributed by atoms with E-state index >= 15 is 0 Å². The zero-order valence-electron chi connectivity index (χ0n) is 6.46. The standard InChI is InChI=1S/C8H13NO/c1-8(2)4-3-6(5-9)7(8)10/h6-7,10H,3-4H2,1-2H3. The van der Waals surface area contributed by atoms with Gasteiger partial charge in [0.25, 0.3) is 0 Å². The highest BCUT2D eigenvalue weighted by Crippen LogP contribution is 2.40. The maximum atomic E-state index is 9.49. The molecule has 0 bridgehead atoms. The molecular formula is C8H13NO. The molecule has 1 aliphatic carbocycles. The van der Waals surface area contributed by atoms with Crippen LogP contribution < -0.4 is 0 Å². The van der Waals surface area contributed by atoms with E-state index in [1.165, 1.54) is 0 Å². The van der Waals surface area contributed by atoms with Crippen molar-refractivity contribution in [3.8, 4) is 6.07 Å².